The van der Waals surface area contributed by atoms with E-state index in [1.807, 2.05) is 6.92 Å². The van der Waals surface area contributed by atoms with Crippen LogP contribution in [0.25, 0.3) is 0 Å². The second-order valence-electron chi connectivity index (χ2n) is 5.13. The number of carbonyl (C=O) groups excluding carboxylic acids is 1. The van der Waals surface area contributed by atoms with Crippen LogP contribution in [-0.4, -0.2) is 40.0 Å². The predicted octanol–water partition coefficient (Wildman–Crippen LogP) is 2.29. The van der Waals surface area contributed by atoms with Crippen LogP contribution in [0.2, 0.25) is 0 Å². The molecule has 1 unspecified atom stereocenters. The highest BCUT2D eigenvalue weighted by molar-refractivity contribution is 5.93. The molecule has 0 radical (unpaired) electrons. The molecule has 0 saturated heterocycles. The summed E-state index contributed by atoms with van der Waals surface area (Å²) in [7, 11) is 1.74. The molecule has 0 saturated carbocycles. The minimum Gasteiger partial charge on any atom is -0.478 e. The third-order valence-electron chi connectivity index (χ3n) is 3.02. The van der Waals surface area contributed by atoms with Gasteiger partial charge in [-0.1, -0.05) is 13.8 Å². The molecule has 0 fully saturated rings. The Morgan fingerprint density at radius 3 is 2.37 bits per heavy atom. The van der Waals surface area contributed by atoms with Gasteiger partial charge in [0.05, 0.1) is 5.56 Å². The van der Waals surface area contributed by atoms with E-state index in [1.54, 1.807) is 11.9 Å². The number of carboxylic acid groups (broad SMARTS) is 1. The van der Waals surface area contributed by atoms with Crippen LogP contribution < -0.4 is 0 Å². The summed E-state index contributed by atoms with van der Waals surface area (Å²) in [6.45, 7) is 6.20. The first kappa shape index (κ1) is 15.1. The van der Waals surface area contributed by atoms with E-state index < -0.39 is 5.97 Å². The lowest BCUT2D eigenvalue weighted by Gasteiger charge is -2.26. The van der Waals surface area contributed by atoms with Crippen molar-refractivity contribution in [1.82, 2.24) is 9.88 Å². The summed E-state index contributed by atoms with van der Waals surface area (Å²) in [5.74, 6) is -0.731. The fraction of sp³-hybridized carbons (Fsp3) is 0.500. The standard InChI is InChI=1S/C14H20N2O3/c1-9(2)7-10(3)16(4)13(17)12-6-5-11(8-15-12)14(18)19/h5-6,8-10H,7H2,1-4H3,(H,18,19). The van der Waals surface area contributed by atoms with Crippen molar-refractivity contribution in [2.45, 2.75) is 33.2 Å². The minimum atomic E-state index is -1.05. The van der Waals surface area contributed by atoms with Crippen LogP contribution in [0.4, 0.5) is 0 Å². The third kappa shape index (κ3) is 4.05. The Morgan fingerprint density at radius 2 is 1.95 bits per heavy atom. The van der Waals surface area contributed by atoms with Gasteiger partial charge in [-0.15, -0.1) is 0 Å². The Kier molecular flexibility index (Phi) is 5.03. The summed E-state index contributed by atoms with van der Waals surface area (Å²) in [6.07, 6.45) is 2.12. The van der Waals surface area contributed by atoms with E-state index in [-0.39, 0.29) is 23.2 Å². The first-order chi connectivity index (χ1) is 8.82. The Balaban J connectivity index is 2.79. The van der Waals surface area contributed by atoms with Crippen molar-refractivity contribution in [2.24, 2.45) is 5.92 Å². The number of carboxylic acids is 1. The summed E-state index contributed by atoms with van der Waals surface area (Å²) in [6, 6.07) is 2.96. The molecule has 0 aromatic carbocycles. The molecule has 1 aromatic rings. The van der Waals surface area contributed by atoms with Gasteiger partial charge in [0.15, 0.2) is 0 Å². The van der Waals surface area contributed by atoms with Gasteiger partial charge < -0.3 is 10.0 Å². The molecule has 5 heteroatoms. The van der Waals surface area contributed by atoms with Gasteiger partial charge in [0.25, 0.3) is 5.91 Å². The monoisotopic (exact) mass is 264 g/mol. The maximum absolute atomic E-state index is 12.2. The molecule has 1 atom stereocenters. The van der Waals surface area contributed by atoms with E-state index in [0.717, 1.165) is 6.42 Å². The van der Waals surface area contributed by atoms with Crippen LogP contribution in [0.1, 0.15) is 48.0 Å². The number of hydrogen-bond donors (Lipinski definition) is 1. The summed E-state index contributed by atoms with van der Waals surface area (Å²) < 4.78 is 0. The molecular formula is C14H20N2O3. The molecule has 1 amide bonds. The quantitative estimate of drug-likeness (QED) is 0.885. The normalized spacial score (nSPS) is 12.3. The zero-order chi connectivity index (χ0) is 14.6. The summed E-state index contributed by atoms with van der Waals surface area (Å²) in [5.41, 5.74) is 0.345. The van der Waals surface area contributed by atoms with E-state index in [9.17, 15) is 9.59 Å². The van der Waals surface area contributed by atoms with Crippen molar-refractivity contribution in [3.8, 4) is 0 Å². The minimum absolute atomic E-state index is 0.0782. The van der Waals surface area contributed by atoms with Crippen LogP contribution >= 0.6 is 0 Å². The van der Waals surface area contributed by atoms with Crippen LogP contribution in [-0.2, 0) is 0 Å². The summed E-state index contributed by atoms with van der Waals surface area (Å²) >= 11 is 0. The van der Waals surface area contributed by atoms with Crippen LogP contribution in [0.15, 0.2) is 18.3 Å². The molecule has 0 bridgehead atoms. The molecule has 1 N–H and O–H groups in total. The van der Waals surface area contributed by atoms with E-state index >= 15 is 0 Å². The van der Waals surface area contributed by atoms with Crippen LogP contribution in [0, 0.1) is 5.92 Å². The second kappa shape index (κ2) is 6.31. The molecule has 0 spiro atoms. The Morgan fingerprint density at radius 1 is 1.32 bits per heavy atom. The molecule has 1 heterocycles. The summed E-state index contributed by atoms with van der Waals surface area (Å²) in [5, 5.41) is 8.78. The first-order valence-corrected chi connectivity index (χ1v) is 6.29. The van der Waals surface area contributed by atoms with Crippen LogP contribution in [0.3, 0.4) is 0 Å². The van der Waals surface area contributed by atoms with Crippen molar-refractivity contribution in [1.29, 1.82) is 0 Å². The first-order valence-electron chi connectivity index (χ1n) is 6.29. The zero-order valence-corrected chi connectivity index (χ0v) is 11.8. The summed E-state index contributed by atoms with van der Waals surface area (Å²) in [4.78, 5) is 28.4. The van der Waals surface area contributed by atoms with Gasteiger partial charge in [-0.3, -0.25) is 9.78 Å². The highest BCUT2D eigenvalue weighted by Gasteiger charge is 2.19. The SMILES string of the molecule is CC(C)CC(C)N(C)C(=O)c1ccc(C(=O)O)cn1. The predicted molar refractivity (Wildman–Crippen MR) is 72.2 cm³/mol. The maximum Gasteiger partial charge on any atom is 0.337 e. The molecule has 0 aliphatic rings. The molecule has 0 aliphatic heterocycles. The molecular weight excluding hydrogens is 244 g/mol. The van der Waals surface area contributed by atoms with Crippen molar-refractivity contribution < 1.29 is 14.7 Å². The molecule has 1 aromatic heterocycles. The van der Waals surface area contributed by atoms with Crippen molar-refractivity contribution in [3.05, 3.63) is 29.6 Å². The lowest BCUT2D eigenvalue weighted by Crippen LogP contribution is -2.36. The van der Waals surface area contributed by atoms with E-state index in [4.69, 9.17) is 5.11 Å². The average Bonchev–Trinajstić information content (AvgIpc) is 2.36. The number of aromatic carboxylic acids is 1. The van der Waals surface area contributed by atoms with Gasteiger partial charge in [0.1, 0.15) is 5.69 Å². The lowest BCUT2D eigenvalue weighted by molar-refractivity contribution is 0.0689. The number of aromatic nitrogens is 1. The number of hydrogen-bond acceptors (Lipinski definition) is 3. The van der Waals surface area contributed by atoms with Crippen molar-refractivity contribution in [2.75, 3.05) is 7.05 Å². The van der Waals surface area contributed by atoms with Crippen molar-refractivity contribution in [3.63, 3.8) is 0 Å². The Hall–Kier alpha value is -1.91. The molecule has 19 heavy (non-hydrogen) atoms. The fourth-order valence-electron chi connectivity index (χ4n) is 1.87. The molecule has 0 aliphatic carbocycles. The number of amides is 1. The number of carbonyl (C=O) groups is 2. The number of nitrogens with zero attached hydrogens (tertiary/aromatic N) is 2. The van der Waals surface area contributed by atoms with Crippen LogP contribution in [0.5, 0.6) is 0 Å². The van der Waals surface area contributed by atoms with E-state index in [2.05, 4.69) is 18.8 Å². The smallest absolute Gasteiger partial charge is 0.337 e. The van der Waals surface area contributed by atoms with Gasteiger partial charge in [-0.25, -0.2) is 4.79 Å². The molecule has 1 rings (SSSR count). The lowest BCUT2D eigenvalue weighted by atomic mass is 10.0. The van der Waals surface area contributed by atoms with Gasteiger partial charge in [0, 0.05) is 19.3 Å². The Labute approximate surface area is 113 Å². The van der Waals surface area contributed by atoms with Gasteiger partial charge >= 0.3 is 5.97 Å². The van der Waals surface area contributed by atoms with Gasteiger partial charge in [-0.05, 0) is 31.4 Å². The fourth-order valence-corrected chi connectivity index (χ4v) is 1.87. The number of rotatable bonds is 5. The van der Waals surface area contributed by atoms with Crippen molar-refractivity contribution >= 4 is 11.9 Å². The molecule has 5 nitrogen and oxygen atoms in total. The molecule has 104 valence electrons. The average molecular weight is 264 g/mol. The van der Waals surface area contributed by atoms with Gasteiger partial charge in [0.2, 0.25) is 0 Å². The topological polar surface area (TPSA) is 70.5 Å². The van der Waals surface area contributed by atoms with Gasteiger partial charge in [-0.2, -0.15) is 0 Å². The highest BCUT2D eigenvalue weighted by Crippen LogP contribution is 2.12. The number of pyridine rings is 1. The Bertz CT molecular complexity index is 454. The maximum atomic E-state index is 12.2. The second-order valence-corrected chi connectivity index (χ2v) is 5.13. The largest absolute Gasteiger partial charge is 0.478 e. The third-order valence-corrected chi connectivity index (χ3v) is 3.02. The zero-order valence-electron chi connectivity index (χ0n) is 11.8. The van der Waals surface area contributed by atoms with E-state index in [0.29, 0.717) is 5.92 Å². The van der Waals surface area contributed by atoms with E-state index in [1.165, 1.54) is 18.3 Å². The highest BCUT2D eigenvalue weighted by atomic mass is 16.4.